The first-order chi connectivity index (χ1) is 10.1. The van der Waals surface area contributed by atoms with Crippen LogP contribution in [0.15, 0.2) is 22.7 Å². The van der Waals surface area contributed by atoms with Gasteiger partial charge in [0, 0.05) is 6.42 Å². The van der Waals surface area contributed by atoms with Crippen LogP contribution in [0.1, 0.15) is 34.3 Å². The van der Waals surface area contributed by atoms with Crippen molar-refractivity contribution in [3.05, 3.63) is 40.8 Å². The van der Waals surface area contributed by atoms with E-state index in [2.05, 4.69) is 21.5 Å². The van der Waals surface area contributed by atoms with E-state index in [1.807, 2.05) is 26.0 Å². The second kappa shape index (κ2) is 5.29. The highest BCUT2D eigenvalue weighted by atomic mass is 32.1. The van der Waals surface area contributed by atoms with Gasteiger partial charge in [0.25, 0.3) is 5.91 Å². The lowest BCUT2D eigenvalue weighted by Gasteiger charge is -2.00. The van der Waals surface area contributed by atoms with Gasteiger partial charge < -0.3 is 4.52 Å². The molecule has 1 N–H and O–H groups in total. The summed E-state index contributed by atoms with van der Waals surface area (Å²) in [6.45, 7) is 5.72. The lowest BCUT2D eigenvalue weighted by molar-refractivity contribution is 0.102. The molecule has 5 nitrogen and oxygen atoms in total. The molecule has 0 fully saturated rings. The predicted octanol–water partition coefficient (Wildman–Crippen LogP) is 3.72. The standard InChI is InChI=1S/C15H15N3O2S/c1-4-11-13(9(3)18-20-11)14(19)17-15-16-10-6-5-8(2)7-12(10)21-15/h5-7H,4H2,1-3H3,(H,16,17,19). The maximum absolute atomic E-state index is 12.4. The highest BCUT2D eigenvalue weighted by molar-refractivity contribution is 7.22. The molecule has 2 heterocycles. The second-order valence-corrected chi connectivity index (χ2v) is 5.89. The maximum atomic E-state index is 12.4. The summed E-state index contributed by atoms with van der Waals surface area (Å²) in [6.07, 6.45) is 0.628. The number of hydrogen-bond donors (Lipinski definition) is 1. The van der Waals surface area contributed by atoms with E-state index in [9.17, 15) is 4.79 Å². The van der Waals surface area contributed by atoms with Crippen molar-refractivity contribution in [3.8, 4) is 0 Å². The Kier molecular flexibility index (Phi) is 3.47. The first-order valence-corrected chi connectivity index (χ1v) is 7.54. The average Bonchev–Trinajstić information content (AvgIpc) is 3.00. The molecule has 0 aliphatic rings. The van der Waals surface area contributed by atoms with Crippen molar-refractivity contribution in [2.75, 3.05) is 5.32 Å². The fraction of sp³-hybridized carbons (Fsp3) is 0.267. The number of amides is 1. The Labute approximate surface area is 126 Å². The van der Waals surface area contributed by atoms with Gasteiger partial charge in [-0.25, -0.2) is 4.98 Å². The largest absolute Gasteiger partial charge is 0.360 e. The summed E-state index contributed by atoms with van der Waals surface area (Å²) in [5, 5.41) is 7.28. The summed E-state index contributed by atoms with van der Waals surface area (Å²) in [4.78, 5) is 16.8. The van der Waals surface area contributed by atoms with Crippen molar-refractivity contribution in [3.63, 3.8) is 0 Å². The molecule has 0 saturated carbocycles. The second-order valence-electron chi connectivity index (χ2n) is 4.86. The van der Waals surface area contributed by atoms with Gasteiger partial charge in [-0.1, -0.05) is 29.5 Å². The molecule has 0 spiro atoms. The SMILES string of the molecule is CCc1onc(C)c1C(=O)Nc1nc2ccc(C)cc2s1. The lowest BCUT2D eigenvalue weighted by atomic mass is 10.1. The normalized spacial score (nSPS) is 11.0. The average molecular weight is 301 g/mol. The predicted molar refractivity (Wildman–Crippen MR) is 82.9 cm³/mol. The number of fused-ring (bicyclic) bond motifs is 1. The van der Waals surface area contributed by atoms with Crippen LogP contribution in [0.3, 0.4) is 0 Å². The quantitative estimate of drug-likeness (QED) is 0.800. The number of carbonyl (C=O) groups excluding carboxylic acids is 1. The van der Waals surface area contributed by atoms with Gasteiger partial charge in [0.1, 0.15) is 11.3 Å². The molecular formula is C15H15N3O2S. The van der Waals surface area contributed by atoms with Gasteiger partial charge in [0.2, 0.25) is 0 Å². The molecular weight excluding hydrogens is 286 g/mol. The summed E-state index contributed by atoms with van der Waals surface area (Å²) in [7, 11) is 0. The minimum Gasteiger partial charge on any atom is -0.360 e. The third-order valence-corrected chi connectivity index (χ3v) is 4.18. The molecule has 2 aromatic heterocycles. The van der Waals surface area contributed by atoms with Crippen LogP contribution in [0, 0.1) is 13.8 Å². The summed E-state index contributed by atoms with van der Waals surface area (Å²) in [5.74, 6) is 0.378. The number of rotatable bonds is 3. The van der Waals surface area contributed by atoms with Gasteiger partial charge in [-0.3, -0.25) is 10.1 Å². The molecule has 6 heteroatoms. The van der Waals surface area contributed by atoms with Crippen LogP contribution in [0.5, 0.6) is 0 Å². The lowest BCUT2D eigenvalue weighted by Crippen LogP contribution is -2.14. The molecule has 0 atom stereocenters. The van der Waals surface area contributed by atoms with Crippen molar-refractivity contribution in [1.29, 1.82) is 0 Å². The highest BCUT2D eigenvalue weighted by Crippen LogP contribution is 2.27. The van der Waals surface area contributed by atoms with Crippen LogP contribution in [0.2, 0.25) is 0 Å². The number of carbonyl (C=O) groups is 1. The Hall–Kier alpha value is -2.21. The first-order valence-electron chi connectivity index (χ1n) is 6.72. The van der Waals surface area contributed by atoms with E-state index >= 15 is 0 Å². The van der Waals surface area contributed by atoms with Gasteiger partial charge >= 0.3 is 0 Å². The fourth-order valence-electron chi connectivity index (χ4n) is 2.19. The van der Waals surface area contributed by atoms with Crippen molar-refractivity contribution in [1.82, 2.24) is 10.1 Å². The van der Waals surface area contributed by atoms with E-state index in [0.717, 1.165) is 10.2 Å². The zero-order valence-electron chi connectivity index (χ0n) is 12.1. The van der Waals surface area contributed by atoms with E-state index in [4.69, 9.17) is 4.52 Å². The van der Waals surface area contributed by atoms with Crippen molar-refractivity contribution in [2.24, 2.45) is 0 Å². The van der Waals surface area contributed by atoms with Crippen LogP contribution in [0.4, 0.5) is 5.13 Å². The van der Waals surface area contributed by atoms with Crippen LogP contribution in [-0.4, -0.2) is 16.0 Å². The van der Waals surface area contributed by atoms with Crippen molar-refractivity contribution in [2.45, 2.75) is 27.2 Å². The summed E-state index contributed by atoms with van der Waals surface area (Å²) < 4.78 is 6.21. The molecule has 1 aromatic carbocycles. The van der Waals surface area contributed by atoms with Gasteiger partial charge in [-0.2, -0.15) is 0 Å². The molecule has 0 aliphatic carbocycles. The number of nitrogens with zero attached hydrogens (tertiary/aromatic N) is 2. The van der Waals surface area contributed by atoms with Crippen LogP contribution in [-0.2, 0) is 6.42 Å². The third-order valence-electron chi connectivity index (χ3n) is 3.25. The first kappa shape index (κ1) is 13.8. The van der Waals surface area contributed by atoms with Gasteiger partial charge in [0.05, 0.1) is 15.9 Å². The summed E-state index contributed by atoms with van der Waals surface area (Å²) >= 11 is 1.46. The zero-order chi connectivity index (χ0) is 15.0. The van der Waals surface area contributed by atoms with Crippen LogP contribution in [0.25, 0.3) is 10.2 Å². The molecule has 0 bridgehead atoms. The maximum Gasteiger partial charge on any atom is 0.262 e. The molecule has 0 radical (unpaired) electrons. The molecule has 108 valence electrons. The molecule has 0 aliphatic heterocycles. The monoisotopic (exact) mass is 301 g/mol. The van der Waals surface area contributed by atoms with E-state index < -0.39 is 0 Å². The zero-order valence-corrected chi connectivity index (χ0v) is 12.9. The number of nitrogens with one attached hydrogen (secondary N) is 1. The smallest absolute Gasteiger partial charge is 0.262 e. The molecule has 3 rings (SSSR count). The minimum atomic E-state index is -0.221. The van der Waals surface area contributed by atoms with Gasteiger partial charge in [0.15, 0.2) is 5.13 Å². The highest BCUT2D eigenvalue weighted by Gasteiger charge is 2.20. The number of thiazole rings is 1. The van der Waals surface area contributed by atoms with Crippen molar-refractivity contribution >= 4 is 32.6 Å². The molecule has 1 amide bonds. The van der Waals surface area contributed by atoms with E-state index in [0.29, 0.717) is 28.6 Å². The third kappa shape index (κ3) is 2.54. The van der Waals surface area contributed by atoms with Gasteiger partial charge in [-0.15, -0.1) is 0 Å². The molecule has 0 unspecified atom stereocenters. The molecule has 0 saturated heterocycles. The van der Waals surface area contributed by atoms with E-state index in [1.54, 1.807) is 6.92 Å². The number of anilines is 1. The Bertz CT molecular complexity index is 820. The minimum absolute atomic E-state index is 0.221. The number of hydrogen-bond acceptors (Lipinski definition) is 5. The van der Waals surface area contributed by atoms with Crippen LogP contribution < -0.4 is 5.32 Å². The van der Waals surface area contributed by atoms with E-state index in [1.165, 1.54) is 16.9 Å². The Morgan fingerprint density at radius 2 is 2.19 bits per heavy atom. The number of benzene rings is 1. The fourth-order valence-corrected chi connectivity index (χ4v) is 3.15. The van der Waals surface area contributed by atoms with Gasteiger partial charge in [-0.05, 0) is 31.5 Å². The topological polar surface area (TPSA) is 68.0 Å². The Morgan fingerprint density at radius 3 is 2.95 bits per heavy atom. The van der Waals surface area contributed by atoms with Crippen molar-refractivity contribution < 1.29 is 9.32 Å². The van der Waals surface area contributed by atoms with E-state index in [-0.39, 0.29) is 5.91 Å². The summed E-state index contributed by atoms with van der Waals surface area (Å²) in [6, 6.07) is 6.02. The molecule has 21 heavy (non-hydrogen) atoms. The molecule has 3 aromatic rings. The Balaban J connectivity index is 1.90. The Morgan fingerprint density at radius 1 is 1.38 bits per heavy atom. The number of aromatic nitrogens is 2. The number of aryl methyl sites for hydroxylation is 3. The van der Waals surface area contributed by atoms with Crippen LogP contribution >= 0.6 is 11.3 Å². The summed E-state index contributed by atoms with van der Waals surface area (Å²) in [5.41, 5.74) is 3.17.